The minimum absolute atomic E-state index is 0.0334. The smallest absolute Gasteiger partial charge is 0.341 e. The lowest BCUT2D eigenvalue weighted by molar-refractivity contribution is 0.0694. The molecule has 1 unspecified atom stereocenters. The molecule has 1 fully saturated rings. The maximum absolute atomic E-state index is 13.2. The molecule has 1 aliphatic heterocycles. The fraction of sp³-hybridized carbons (Fsp3) is 0.435. The molecule has 3 rings (SSSR count). The maximum Gasteiger partial charge on any atom is 0.341 e. The molecular formula is C23H31N3O5S. The molecule has 0 amide bonds. The van der Waals surface area contributed by atoms with Crippen LogP contribution in [0.15, 0.2) is 41.3 Å². The number of aryl methyl sites for hydroxylation is 1. The predicted molar refractivity (Wildman–Crippen MR) is 125 cm³/mol. The number of hydrogen-bond acceptors (Lipinski definition) is 6. The van der Waals surface area contributed by atoms with E-state index in [-0.39, 0.29) is 21.9 Å². The lowest BCUT2D eigenvalue weighted by Gasteiger charge is -2.20. The molecule has 0 bridgehead atoms. The van der Waals surface area contributed by atoms with Gasteiger partial charge in [-0.1, -0.05) is 25.1 Å². The average molecular weight is 462 g/mol. The van der Waals surface area contributed by atoms with Crippen molar-refractivity contribution in [1.29, 1.82) is 0 Å². The first-order valence-corrected chi connectivity index (χ1v) is 12.3. The summed E-state index contributed by atoms with van der Waals surface area (Å²) in [5.74, 6) is -1.10. The Labute approximate surface area is 189 Å². The number of nitrogens with zero attached hydrogens (tertiary/aromatic N) is 1. The Balaban J connectivity index is 1.85. The van der Waals surface area contributed by atoms with Crippen LogP contribution in [-0.2, 0) is 16.4 Å². The van der Waals surface area contributed by atoms with E-state index in [4.69, 9.17) is 4.74 Å². The van der Waals surface area contributed by atoms with Crippen LogP contribution in [0.3, 0.4) is 0 Å². The van der Waals surface area contributed by atoms with E-state index in [1.807, 2.05) is 6.92 Å². The summed E-state index contributed by atoms with van der Waals surface area (Å²) in [7, 11) is -0.562. The first-order valence-electron chi connectivity index (χ1n) is 10.8. The average Bonchev–Trinajstić information content (AvgIpc) is 3.17. The van der Waals surface area contributed by atoms with Gasteiger partial charge in [-0.15, -0.1) is 0 Å². The van der Waals surface area contributed by atoms with E-state index in [1.165, 1.54) is 25.7 Å². The van der Waals surface area contributed by atoms with Crippen LogP contribution < -0.4 is 14.8 Å². The number of carboxylic acid groups (broad SMARTS) is 1. The fourth-order valence-electron chi connectivity index (χ4n) is 4.20. The van der Waals surface area contributed by atoms with Crippen LogP contribution in [0, 0.1) is 0 Å². The Hall–Kier alpha value is -2.78. The number of para-hydroxylation sites is 1. The Morgan fingerprint density at radius 3 is 2.59 bits per heavy atom. The largest absolute Gasteiger partial charge is 0.495 e. The molecule has 3 N–H and O–H groups in total. The topological polar surface area (TPSA) is 108 Å². The van der Waals surface area contributed by atoms with Crippen LogP contribution >= 0.6 is 0 Å². The first kappa shape index (κ1) is 23.9. The molecule has 2 aromatic carbocycles. The number of carbonyl (C=O) groups is 1. The van der Waals surface area contributed by atoms with Gasteiger partial charge < -0.3 is 20.1 Å². The van der Waals surface area contributed by atoms with E-state index in [2.05, 4.69) is 22.0 Å². The monoisotopic (exact) mass is 461 g/mol. The number of ether oxygens (including phenoxy) is 1. The highest BCUT2D eigenvalue weighted by atomic mass is 32.2. The van der Waals surface area contributed by atoms with E-state index in [9.17, 15) is 18.3 Å². The lowest BCUT2D eigenvalue weighted by atomic mass is 10.0. The summed E-state index contributed by atoms with van der Waals surface area (Å²) < 4.78 is 34.2. The number of anilines is 2. The third-order valence-electron chi connectivity index (χ3n) is 5.92. The van der Waals surface area contributed by atoms with Gasteiger partial charge in [-0.3, -0.25) is 4.72 Å². The van der Waals surface area contributed by atoms with E-state index in [0.29, 0.717) is 30.3 Å². The Morgan fingerprint density at radius 2 is 1.97 bits per heavy atom. The minimum Gasteiger partial charge on any atom is -0.495 e. The lowest BCUT2D eigenvalue weighted by Crippen LogP contribution is -2.27. The van der Waals surface area contributed by atoms with E-state index < -0.39 is 16.0 Å². The molecule has 174 valence electrons. The molecule has 0 radical (unpaired) electrons. The van der Waals surface area contributed by atoms with E-state index >= 15 is 0 Å². The van der Waals surface area contributed by atoms with Gasteiger partial charge in [0, 0.05) is 12.6 Å². The molecule has 1 heterocycles. The van der Waals surface area contributed by atoms with Gasteiger partial charge in [0.2, 0.25) is 0 Å². The maximum atomic E-state index is 13.2. The van der Waals surface area contributed by atoms with Gasteiger partial charge in [0.15, 0.2) is 0 Å². The quantitative estimate of drug-likeness (QED) is 0.496. The minimum atomic E-state index is -4.05. The predicted octanol–water partition coefficient (Wildman–Crippen LogP) is 3.65. The number of benzene rings is 2. The highest BCUT2D eigenvalue weighted by molar-refractivity contribution is 7.92. The Morgan fingerprint density at radius 1 is 1.22 bits per heavy atom. The highest BCUT2D eigenvalue weighted by Gasteiger charge is 2.25. The third kappa shape index (κ3) is 5.16. The second kappa shape index (κ2) is 10.2. The number of nitrogens with one attached hydrogen (secondary N) is 2. The molecular weight excluding hydrogens is 430 g/mol. The van der Waals surface area contributed by atoms with Gasteiger partial charge in [-0.05, 0) is 63.0 Å². The molecule has 1 atom stereocenters. The van der Waals surface area contributed by atoms with Crippen molar-refractivity contribution < 1.29 is 23.1 Å². The summed E-state index contributed by atoms with van der Waals surface area (Å²) in [5, 5.41) is 13.0. The molecule has 0 spiro atoms. The van der Waals surface area contributed by atoms with Gasteiger partial charge in [0.25, 0.3) is 10.0 Å². The summed E-state index contributed by atoms with van der Waals surface area (Å²) in [4.78, 5) is 14.3. The van der Waals surface area contributed by atoms with Gasteiger partial charge in [-0.2, -0.15) is 0 Å². The number of likely N-dealkylation sites (tertiary alicyclic amines) is 1. The molecule has 1 aliphatic rings. The number of sulfonamides is 1. The van der Waals surface area contributed by atoms with Gasteiger partial charge in [-0.25, -0.2) is 13.2 Å². The fourth-order valence-corrected chi connectivity index (χ4v) is 5.46. The molecule has 8 nitrogen and oxygen atoms in total. The van der Waals surface area contributed by atoms with Crippen molar-refractivity contribution in [2.75, 3.05) is 37.3 Å². The summed E-state index contributed by atoms with van der Waals surface area (Å²) in [5.41, 5.74) is 0.931. The number of aromatic carboxylic acids is 1. The van der Waals surface area contributed by atoms with Crippen molar-refractivity contribution >= 4 is 27.4 Å². The van der Waals surface area contributed by atoms with Crippen LogP contribution in [0.4, 0.5) is 11.4 Å². The summed E-state index contributed by atoms with van der Waals surface area (Å²) in [6, 6.07) is 10.3. The Kier molecular flexibility index (Phi) is 7.63. The molecule has 9 heteroatoms. The van der Waals surface area contributed by atoms with Crippen molar-refractivity contribution in [2.45, 2.75) is 43.5 Å². The van der Waals surface area contributed by atoms with Crippen molar-refractivity contribution in [1.82, 2.24) is 4.90 Å². The number of rotatable bonds is 10. The van der Waals surface area contributed by atoms with Gasteiger partial charge in [0.05, 0.1) is 18.5 Å². The van der Waals surface area contributed by atoms with Crippen molar-refractivity contribution in [3.63, 3.8) is 0 Å². The summed E-state index contributed by atoms with van der Waals surface area (Å²) in [6.45, 7) is 3.60. The summed E-state index contributed by atoms with van der Waals surface area (Å²) >= 11 is 0. The van der Waals surface area contributed by atoms with Crippen molar-refractivity contribution in [3.8, 4) is 5.75 Å². The van der Waals surface area contributed by atoms with Crippen LogP contribution in [0.5, 0.6) is 5.75 Å². The molecule has 0 saturated carbocycles. The molecule has 1 saturated heterocycles. The van der Waals surface area contributed by atoms with Gasteiger partial charge >= 0.3 is 5.97 Å². The van der Waals surface area contributed by atoms with E-state index in [1.54, 1.807) is 24.3 Å². The molecule has 0 aromatic heterocycles. The first-order chi connectivity index (χ1) is 15.3. The molecule has 32 heavy (non-hydrogen) atoms. The second-order valence-electron chi connectivity index (χ2n) is 7.93. The zero-order chi connectivity index (χ0) is 23.3. The normalized spacial score (nSPS) is 16.7. The number of hydrogen-bond donors (Lipinski definition) is 3. The molecule has 0 aliphatic carbocycles. The Bertz CT molecular complexity index is 1070. The highest BCUT2D eigenvalue weighted by Crippen LogP contribution is 2.33. The van der Waals surface area contributed by atoms with Crippen molar-refractivity contribution in [3.05, 3.63) is 47.5 Å². The SMILES string of the molecule is CCc1ccc(NS(=O)(=O)c2ccccc2NCCC2CCCN2C)c(C(=O)O)c1OC. The van der Waals surface area contributed by atoms with Crippen LogP contribution in [-0.4, -0.2) is 57.7 Å². The van der Waals surface area contributed by atoms with Gasteiger partial charge in [0.1, 0.15) is 16.2 Å². The third-order valence-corrected chi connectivity index (χ3v) is 7.35. The summed E-state index contributed by atoms with van der Waals surface area (Å²) in [6.07, 6.45) is 3.80. The zero-order valence-corrected chi connectivity index (χ0v) is 19.5. The van der Waals surface area contributed by atoms with Crippen LogP contribution in [0.1, 0.15) is 42.1 Å². The second-order valence-corrected chi connectivity index (χ2v) is 9.58. The van der Waals surface area contributed by atoms with Crippen LogP contribution in [0.25, 0.3) is 0 Å². The number of methoxy groups -OCH3 is 1. The zero-order valence-electron chi connectivity index (χ0n) is 18.7. The number of carboxylic acids is 1. The standard InChI is InChI=1S/C23H31N3O5S/c1-4-16-11-12-19(21(23(27)28)22(16)31-3)25-32(29,30)20-10-6-5-9-18(20)24-14-13-17-8-7-15-26(17)2/h5-6,9-12,17,24-25H,4,7-8,13-15H2,1-3H3,(H,27,28). The molecule has 2 aromatic rings. The van der Waals surface area contributed by atoms with Crippen LogP contribution in [0.2, 0.25) is 0 Å². The van der Waals surface area contributed by atoms with Crippen molar-refractivity contribution in [2.24, 2.45) is 0 Å². The van der Waals surface area contributed by atoms with E-state index in [0.717, 1.165) is 19.4 Å².